The number of rotatable bonds is 16. The normalized spacial score (nSPS) is 20.7. The van der Waals surface area contributed by atoms with Gasteiger partial charge in [0.25, 0.3) is 0 Å². The molecule has 1 unspecified atom stereocenters. The number of likely N-dealkylation sites (tertiary alicyclic amines) is 2. The number of carbonyl (C=O) groups excluding carboxylic acids is 2. The Hall–Kier alpha value is -5.32. The molecule has 0 saturated carbocycles. The van der Waals surface area contributed by atoms with Crippen molar-refractivity contribution in [2.24, 2.45) is 4.99 Å². The number of H-pyrrole nitrogens is 1. The lowest BCUT2D eigenvalue weighted by atomic mass is 10.0. The maximum atomic E-state index is 14.2. The number of aromatic nitrogens is 2. The molecule has 0 aliphatic carbocycles. The number of carbonyl (C=O) groups is 2. The Morgan fingerprint density at radius 3 is 1.78 bits per heavy atom. The van der Waals surface area contributed by atoms with Gasteiger partial charge in [-0.05, 0) is 80.2 Å². The topological polar surface area (TPSA) is 100 Å². The fraction of sp³-hybridized carbons (Fsp3) is 0.417. The number of amidine groups is 1. The summed E-state index contributed by atoms with van der Waals surface area (Å²) in [5, 5.41) is 3.64. The molecule has 4 heterocycles. The van der Waals surface area contributed by atoms with Gasteiger partial charge in [-0.2, -0.15) is 0 Å². The molecule has 0 bridgehead atoms. The lowest BCUT2D eigenvalue weighted by Crippen LogP contribution is -2.50. The minimum absolute atomic E-state index is 0.0199. The maximum Gasteiger partial charge on any atom is 0.245 e. The first-order chi connectivity index (χ1) is 28.4. The van der Waals surface area contributed by atoms with Crippen molar-refractivity contribution in [3.8, 4) is 0 Å². The number of nitrogens with zero attached hydrogens (tertiary/aromatic N) is 6. The highest BCUT2D eigenvalue weighted by atomic mass is 16.2. The van der Waals surface area contributed by atoms with Gasteiger partial charge >= 0.3 is 0 Å². The zero-order valence-corrected chi connectivity index (χ0v) is 34.6. The lowest BCUT2D eigenvalue weighted by Gasteiger charge is -2.35. The molecule has 0 spiro atoms. The first-order valence-corrected chi connectivity index (χ1v) is 21.4. The molecule has 0 radical (unpaired) electrons. The van der Waals surface area contributed by atoms with Gasteiger partial charge in [-0.15, -0.1) is 0 Å². The summed E-state index contributed by atoms with van der Waals surface area (Å²) in [4.78, 5) is 50.1. The number of hydrogen-bond donors (Lipinski definition) is 2. The van der Waals surface area contributed by atoms with Crippen LogP contribution >= 0.6 is 0 Å². The fourth-order valence-electron chi connectivity index (χ4n) is 8.93. The standard InChI is InChI=1S/C48H60N8O2/c1-5-53(6-2)43(37-17-11-9-12-18-37)47(57)55-31-15-21-41(55)45-49-33-39(51-45)29-27-35-23-25-36(26-24-35)28-30-40-34-50-46(52-40)42-22-16-32-56(42)48(58)44(54(7-3)8-4)38-19-13-10-14-20-38/h9-14,17-20,23-30,33,40-44H,5-8,15-16,21-22,31-32,34H2,1-4H3,(H,49,51)(H,50,52)/b29-27+,30-28+/t40?,41-,42-,43+,44+/m0/s1. The minimum Gasteiger partial charge on any atom is -0.364 e. The van der Waals surface area contributed by atoms with E-state index >= 15 is 0 Å². The summed E-state index contributed by atoms with van der Waals surface area (Å²) >= 11 is 0. The molecule has 10 nitrogen and oxygen atoms in total. The average molecular weight is 781 g/mol. The van der Waals surface area contributed by atoms with Crippen LogP contribution in [0, 0.1) is 0 Å². The highest BCUT2D eigenvalue weighted by Gasteiger charge is 2.40. The SMILES string of the molecule is CCN(CC)[C@@H](C(=O)N1CCC[C@H]1C1=NCC(/C=C/c2ccc(/C=C/c3c[nH]c([C@@H]4CCCN4C(=O)[C@@H](c4ccccc4)N(CC)CC)n3)cc2)N1)c1ccccc1. The van der Waals surface area contributed by atoms with E-state index in [-0.39, 0.29) is 42.0 Å². The van der Waals surface area contributed by atoms with E-state index in [0.717, 1.165) is 105 Å². The van der Waals surface area contributed by atoms with Crippen LogP contribution in [0.25, 0.3) is 18.2 Å². The van der Waals surface area contributed by atoms with Gasteiger partial charge in [-0.25, -0.2) is 4.98 Å². The largest absolute Gasteiger partial charge is 0.364 e. The molecular formula is C48H60N8O2. The molecule has 5 atom stereocenters. The third-order valence-corrected chi connectivity index (χ3v) is 12.1. The van der Waals surface area contributed by atoms with Crippen molar-refractivity contribution in [1.82, 2.24) is 34.9 Å². The van der Waals surface area contributed by atoms with Gasteiger partial charge in [0.05, 0.1) is 30.4 Å². The van der Waals surface area contributed by atoms with Crippen molar-refractivity contribution >= 4 is 35.9 Å². The predicted octanol–water partition coefficient (Wildman–Crippen LogP) is 7.78. The predicted molar refractivity (Wildman–Crippen MR) is 235 cm³/mol. The highest BCUT2D eigenvalue weighted by Crippen LogP contribution is 2.35. The first kappa shape index (κ1) is 40.9. The Morgan fingerprint density at radius 1 is 0.707 bits per heavy atom. The molecule has 4 aromatic rings. The number of likely N-dealkylation sites (N-methyl/N-ethyl adjacent to an activating group) is 2. The number of benzene rings is 3. The molecule has 1 aromatic heterocycles. The summed E-state index contributed by atoms with van der Waals surface area (Å²) in [7, 11) is 0. The van der Waals surface area contributed by atoms with E-state index in [1.54, 1.807) is 0 Å². The van der Waals surface area contributed by atoms with E-state index in [1.165, 1.54) is 0 Å². The second kappa shape index (κ2) is 19.4. The Bertz CT molecular complexity index is 2030. The molecule has 3 aliphatic rings. The summed E-state index contributed by atoms with van der Waals surface area (Å²) < 4.78 is 0. The molecule has 304 valence electrons. The molecule has 7 rings (SSSR count). The van der Waals surface area contributed by atoms with Crippen molar-refractivity contribution in [2.75, 3.05) is 45.8 Å². The molecular weight excluding hydrogens is 721 g/mol. The Labute approximate surface area is 344 Å². The molecule has 2 saturated heterocycles. The van der Waals surface area contributed by atoms with Crippen molar-refractivity contribution in [3.05, 3.63) is 131 Å². The second-order valence-electron chi connectivity index (χ2n) is 15.5. The van der Waals surface area contributed by atoms with Crippen molar-refractivity contribution in [2.45, 2.75) is 83.6 Å². The van der Waals surface area contributed by atoms with E-state index in [2.05, 4.69) is 119 Å². The summed E-state index contributed by atoms with van der Waals surface area (Å²) in [6.45, 7) is 13.9. The number of imidazole rings is 1. The molecule has 10 heteroatoms. The van der Waals surface area contributed by atoms with E-state index in [0.29, 0.717) is 6.54 Å². The van der Waals surface area contributed by atoms with Crippen LogP contribution in [0.5, 0.6) is 0 Å². The third-order valence-electron chi connectivity index (χ3n) is 12.1. The van der Waals surface area contributed by atoms with Gasteiger partial charge in [-0.1, -0.05) is 131 Å². The summed E-state index contributed by atoms with van der Waals surface area (Å²) in [5.74, 6) is 2.08. The zero-order chi connectivity index (χ0) is 40.4. The summed E-state index contributed by atoms with van der Waals surface area (Å²) in [6.07, 6.45) is 14.1. The van der Waals surface area contributed by atoms with Gasteiger partial charge < -0.3 is 20.1 Å². The molecule has 2 amide bonds. The van der Waals surface area contributed by atoms with Crippen molar-refractivity contribution in [3.63, 3.8) is 0 Å². The van der Waals surface area contributed by atoms with E-state index in [9.17, 15) is 9.59 Å². The van der Waals surface area contributed by atoms with Crippen LogP contribution in [-0.4, -0.2) is 105 Å². The zero-order valence-electron chi connectivity index (χ0n) is 34.6. The van der Waals surface area contributed by atoms with E-state index in [4.69, 9.17) is 9.98 Å². The van der Waals surface area contributed by atoms with Gasteiger partial charge in [0.1, 0.15) is 23.7 Å². The van der Waals surface area contributed by atoms with E-state index < -0.39 is 0 Å². The molecule has 3 aliphatic heterocycles. The first-order valence-electron chi connectivity index (χ1n) is 21.4. The Kier molecular flexibility index (Phi) is 13.7. The monoisotopic (exact) mass is 780 g/mol. The second-order valence-corrected chi connectivity index (χ2v) is 15.5. The van der Waals surface area contributed by atoms with Crippen LogP contribution in [0.15, 0.2) is 102 Å². The lowest BCUT2D eigenvalue weighted by molar-refractivity contribution is -0.138. The van der Waals surface area contributed by atoms with Crippen molar-refractivity contribution < 1.29 is 9.59 Å². The number of aromatic amines is 1. The third kappa shape index (κ3) is 9.19. The number of aliphatic imine (C=N–C) groups is 1. The van der Waals surface area contributed by atoms with Crippen LogP contribution in [-0.2, 0) is 9.59 Å². The Morgan fingerprint density at radius 2 is 1.22 bits per heavy atom. The Balaban J connectivity index is 0.940. The summed E-state index contributed by atoms with van der Waals surface area (Å²) in [6, 6.07) is 28.2. The van der Waals surface area contributed by atoms with Gasteiger partial charge in [-0.3, -0.25) is 24.4 Å². The summed E-state index contributed by atoms with van der Waals surface area (Å²) in [5.41, 5.74) is 5.12. The smallest absolute Gasteiger partial charge is 0.245 e. The fourth-order valence-corrected chi connectivity index (χ4v) is 8.93. The van der Waals surface area contributed by atoms with Crippen LogP contribution < -0.4 is 5.32 Å². The van der Waals surface area contributed by atoms with Crippen LogP contribution in [0.4, 0.5) is 0 Å². The van der Waals surface area contributed by atoms with Crippen LogP contribution in [0.3, 0.4) is 0 Å². The molecule has 2 fully saturated rings. The highest BCUT2D eigenvalue weighted by molar-refractivity contribution is 5.95. The average Bonchev–Trinajstić information content (AvgIpc) is 4.11. The van der Waals surface area contributed by atoms with Crippen molar-refractivity contribution in [1.29, 1.82) is 0 Å². The number of amides is 2. The molecule has 3 aromatic carbocycles. The number of nitrogens with one attached hydrogen (secondary N) is 2. The maximum absolute atomic E-state index is 14.2. The number of hydrogen-bond acceptors (Lipinski definition) is 7. The van der Waals surface area contributed by atoms with Gasteiger partial charge in [0, 0.05) is 19.3 Å². The van der Waals surface area contributed by atoms with E-state index in [1.807, 2.05) is 53.6 Å². The quantitative estimate of drug-likeness (QED) is 0.121. The molecule has 2 N–H and O–H groups in total. The minimum atomic E-state index is -0.305. The van der Waals surface area contributed by atoms with Crippen LogP contribution in [0.2, 0.25) is 0 Å². The van der Waals surface area contributed by atoms with Gasteiger partial charge in [0.15, 0.2) is 0 Å². The van der Waals surface area contributed by atoms with Crippen LogP contribution in [0.1, 0.15) is 105 Å². The van der Waals surface area contributed by atoms with Gasteiger partial charge in [0.2, 0.25) is 11.8 Å². The molecule has 58 heavy (non-hydrogen) atoms.